The number of aromatic amines is 1. The quantitative estimate of drug-likeness (QED) is 0.863. The van der Waals surface area contributed by atoms with Crippen molar-refractivity contribution in [2.24, 2.45) is 0 Å². The summed E-state index contributed by atoms with van der Waals surface area (Å²) in [5.41, 5.74) is -1.95. The second-order valence-corrected chi connectivity index (χ2v) is 4.69. The summed E-state index contributed by atoms with van der Waals surface area (Å²) in [7, 11) is 0. The third-order valence-electron chi connectivity index (χ3n) is 2.57. The minimum absolute atomic E-state index is 0.326. The smallest absolute Gasteiger partial charge is 0.342 e. The highest BCUT2D eigenvalue weighted by molar-refractivity contribution is 7.10. The number of rotatable bonds is 3. The average Bonchev–Trinajstić information content (AvgIpc) is 2.81. The Morgan fingerprint density at radius 3 is 2.78 bits per heavy atom. The highest BCUT2D eigenvalue weighted by Gasteiger charge is 2.16. The van der Waals surface area contributed by atoms with Crippen LogP contribution in [0.15, 0.2) is 33.3 Å². The van der Waals surface area contributed by atoms with Crippen molar-refractivity contribution >= 4 is 17.3 Å². The van der Waals surface area contributed by atoms with Crippen molar-refractivity contribution in [1.29, 1.82) is 0 Å². The summed E-state index contributed by atoms with van der Waals surface area (Å²) in [5.74, 6) is -1.36. The molecule has 0 saturated carbocycles. The molecule has 7 heteroatoms. The van der Waals surface area contributed by atoms with E-state index in [9.17, 15) is 14.4 Å². The van der Waals surface area contributed by atoms with Gasteiger partial charge in [0.2, 0.25) is 0 Å². The van der Waals surface area contributed by atoms with Gasteiger partial charge >= 0.3 is 11.7 Å². The second-order valence-electron chi connectivity index (χ2n) is 3.71. The van der Waals surface area contributed by atoms with Crippen LogP contribution in [-0.4, -0.2) is 20.6 Å². The molecule has 18 heavy (non-hydrogen) atoms. The van der Waals surface area contributed by atoms with Gasteiger partial charge in [-0.05, 0) is 18.4 Å². The van der Waals surface area contributed by atoms with E-state index < -0.39 is 22.8 Å². The number of hydrogen-bond acceptors (Lipinski definition) is 4. The summed E-state index contributed by atoms with van der Waals surface area (Å²) >= 11 is 1.45. The van der Waals surface area contributed by atoms with Gasteiger partial charge in [0.15, 0.2) is 0 Å². The maximum atomic E-state index is 11.7. The summed E-state index contributed by atoms with van der Waals surface area (Å²) in [6.45, 7) is 1.76. The van der Waals surface area contributed by atoms with Crippen LogP contribution in [-0.2, 0) is 0 Å². The molecule has 0 bridgehead atoms. The van der Waals surface area contributed by atoms with Crippen LogP contribution in [0.5, 0.6) is 0 Å². The number of carboxylic acids is 1. The molecule has 0 aliphatic rings. The van der Waals surface area contributed by atoms with Gasteiger partial charge in [0, 0.05) is 11.1 Å². The van der Waals surface area contributed by atoms with E-state index in [0.717, 1.165) is 11.1 Å². The summed E-state index contributed by atoms with van der Waals surface area (Å²) in [6.07, 6.45) is 1.08. The molecular weight excluding hydrogens is 256 g/mol. The van der Waals surface area contributed by atoms with E-state index in [4.69, 9.17) is 5.11 Å². The maximum Gasteiger partial charge on any atom is 0.342 e. The minimum Gasteiger partial charge on any atom is -0.477 e. The van der Waals surface area contributed by atoms with Crippen LogP contribution in [0.1, 0.15) is 28.2 Å². The van der Waals surface area contributed by atoms with Crippen molar-refractivity contribution in [1.82, 2.24) is 9.55 Å². The van der Waals surface area contributed by atoms with Crippen molar-refractivity contribution in [3.63, 3.8) is 0 Å². The molecule has 1 atom stereocenters. The van der Waals surface area contributed by atoms with Gasteiger partial charge in [0.05, 0.1) is 6.04 Å². The van der Waals surface area contributed by atoms with E-state index in [2.05, 4.69) is 0 Å². The monoisotopic (exact) mass is 266 g/mol. The highest BCUT2D eigenvalue weighted by Crippen LogP contribution is 2.20. The Morgan fingerprint density at radius 2 is 2.22 bits per heavy atom. The molecule has 0 amide bonds. The summed E-state index contributed by atoms with van der Waals surface area (Å²) in [5, 5.41) is 10.7. The number of nitrogens with zero attached hydrogens (tertiary/aromatic N) is 1. The van der Waals surface area contributed by atoms with Crippen LogP contribution in [0.3, 0.4) is 0 Å². The molecule has 2 heterocycles. The first-order valence-corrected chi connectivity index (χ1v) is 6.01. The van der Waals surface area contributed by atoms with E-state index in [0.29, 0.717) is 0 Å². The molecule has 2 aromatic heterocycles. The Kier molecular flexibility index (Phi) is 3.15. The van der Waals surface area contributed by atoms with Crippen molar-refractivity contribution in [2.45, 2.75) is 13.0 Å². The van der Waals surface area contributed by atoms with Gasteiger partial charge in [0.1, 0.15) is 5.56 Å². The Balaban J connectivity index is 2.58. The standard InChI is InChI=1S/C11H10N2O4S/c1-6(8-3-2-4-18-8)13-5-7(10(15)16)9(14)12-11(13)17/h2-6H,1H3,(H,15,16)(H,12,14,17). The molecule has 0 aliphatic carbocycles. The summed E-state index contributed by atoms with van der Waals surface area (Å²) < 4.78 is 1.21. The van der Waals surface area contributed by atoms with Crippen LogP contribution >= 0.6 is 11.3 Å². The number of aromatic nitrogens is 2. The molecule has 2 N–H and O–H groups in total. The third-order valence-corrected chi connectivity index (χ3v) is 3.61. The number of H-pyrrole nitrogens is 1. The van der Waals surface area contributed by atoms with Crippen LogP contribution in [0, 0.1) is 0 Å². The Bertz CT molecular complexity index is 684. The van der Waals surface area contributed by atoms with Crippen molar-refractivity contribution in [2.75, 3.05) is 0 Å². The van der Waals surface area contributed by atoms with E-state index >= 15 is 0 Å². The predicted octanol–water partition coefficient (Wildman–Crippen LogP) is 0.906. The molecule has 0 aromatic carbocycles. The lowest BCUT2D eigenvalue weighted by molar-refractivity contribution is 0.0693. The molecule has 2 rings (SSSR count). The fraction of sp³-hybridized carbons (Fsp3) is 0.182. The zero-order valence-corrected chi connectivity index (χ0v) is 10.2. The largest absolute Gasteiger partial charge is 0.477 e. The van der Waals surface area contributed by atoms with Crippen LogP contribution in [0.25, 0.3) is 0 Å². The topological polar surface area (TPSA) is 92.2 Å². The van der Waals surface area contributed by atoms with Gasteiger partial charge in [0.25, 0.3) is 5.56 Å². The average molecular weight is 266 g/mol. The lowest BCUT2D eigenvalue weighted by Gasteiger charge is -2.13. The second kappa shape index (κ2) is 4.61. The normalized spacial score (nSPS) is 12.3. The van der Waals surface area contributed by atoms with Crippen LogP contribution in [0.4, 0.5) is 0 Å². The lowest BCUT2D eigenvalue weighted by atomic mass is 10.2. The first kappa shape index (κ1) is 12.3. The van der Waals surface area contributed by atoms with Gasteiger partial charge in [-0.15, -0.1) is 11.3 Å². The van der Waals surface area contributed by atoms with Crippen LogP contribution < -0.4 is 11.2 Å². The molecule has 94 valence electrons. The maximum absolute atomic E-state index is 11.7. The first-order valence-electron chi connectivity index (χ1n) is 5.13. The van der Waals surface area contributed by atoms with Gasteiger partial charge in [-0.3, -0.25) is 14.3 Å². The molecular formula is C11H10N2O4S. The molecule has 6 nitrogen and oxygen atoms in total. The summed E-state index contributed by atoms with van der Waals surface area (Å²) in [4.78, 5) is 36.7. The molecule has 0 radical (unpaired) electrons. The Hall–Kier alpha value is -2.15. The number of aromatic carboxylic acids is 1. The highest BCUT2D eigenvalue weighted by atomic mass is 32.1. The number of hydrogen-bond donors (Lipinski definition) is 2. The number of carbonyl (C=O) groups is 1. The molecule has 1 unspecified atom stereocenters. The molecule has 0 fully saturated rings. The fourth-order valence-electron chi connectivity index (χ4n) is 1.59. The first-order chi connectivity index (χ1) is 8.50. The minimum atomic E-state index is -1.36. The third kappa shape index (κ3) is 2.12. The number of carboxylic acid groups (broad SMARTS) is 1. The molecule has 0 aliphatic heterocycles. The van der Waals surface area contributed by atoms with Gasteiger partial charge in [-0.2, -0.15) is 0 Å². The number of thiophene rings is 1. The molecule has 0 spiro atoms. The van der Waals surface area contributed by atoms with Gasteiger partial charge < -0.3 is 5.11 Å². The van der Waals surface area contributed by atoms with Crippen molar-refractivity contribution in [3.8, 4) is 0 Å². The Labute approximate surface area is 105 Å². The Morgan fingerprint density at radius 1 is 1.50 bits per heavy atom. The van der Waals surface area contributed by atoms with Gasteiger partial charge in [-0.25, -0.2) is 9.59 Å². The fourth-order valence-corrected chi connectivity index (χ4v) is 2.37. The van der Waals surface area contributed by atoms with Crippen LogP contribution in [0.2, 0.25) is 0 Å². The van der Waals surface area contributed by atoms with Crippen molar-refractivity contribution in [3.05, 3.63) is 55.0 Å². The predicted molar refractivity (Wildman–Crippen MR) is 66.4 cm³/mol. The zero-order valence-electron chi connectivity index (χ0n) is 9.41. The number of nitrogens with one attached hydrogen (secondary N) is 1. The molecule has 0 saturated heterocycles. The van der Waals surface area contributed by atoms with E-state index in [1.54, 1.807) is 6.92 Å². The summed E-state index contributed by atoms with van der Waals surface area (Å²) in [6, 6.07) is 3.35. The zero-order chi connectivity index (χ0) is 13.3. The lowest BCUT2D eigenvalue weighted by Crippen LogP contribution is -2.34. The van der Waals surface area contributed by atoms with Gasteiger partial charge in [-0.1, -0.05) is 6.07 Å². The SMILES string of the molecule is CC(c1cccs1)n1cc(C(=O)O)c(=O)[nH]c1=O. The van der Waals surface area contributed by atoms with E-state index in [1.165, 1.54) is 15.9 Å². The van der Waals surface area contributed by atoms with E-state index in [1.807, 2.05) is 22.5 Å². The molecule has 2 aromatic rings. The van der Waals surface area contributed by atoms with Crippen molar-refractivity contribution < 1.29 is 9.90 Å². The van der Waals surface area contributed by atoms with E-state index in [-0.39, 0.29) is 6.04 Å².